The van der Waals surface area contributed by atoms with Gasteiger partial charge in [0.15, 0.2) is 0 Å². The van der Waals surface area contributed by atoms with Crippen molar-refractivity contribution >= 4 is 39.8 Å². The van der Waals surface area contributed by atoms with E-state index in [-0.39, 0.29) is 24.6 Å². The molecule has 2 heterocycles. The number of fused-ring (bicyclic) bond motifs is 1. The van der Waals surface area contributed by atoms with Crippen LogP contribution in [0.5, 0.6) is 0 Å². The van der Waals surface area contributed by atoms with Crippen LogP contribution in [0, 0.1) is 0 Å². The van der Waals surface area contributed by atoms with Gasteiger partial charge in [-0.15, -0.1) is 11.3 Å². The summed E-state index contributed by atoms with van der Waals surface area (Å²) < 4.78 is 5.30. The van der Waals surface area contributed by atoms with Crippen LogP contribution in [0.4, 0.5) is 0 Å². The zero-order chi connectivity index (χ0) is 20.2. The van der Waals surface area contributed by atoms with E-state index in [0.29, 0.717) is 33.9 Å². The van der Waals surface area contributed by atoms with Crippen LogP contribution in [-0.2, 0) is 22.6 Å². The zero-order valence-electron chi connectivity index (χ0n) is 15.2. The van der Waals surface area contributed by atoms with E-state index in [9.17, 15) is 9.59 Å². The number of hydrogen-bond acceptors (Lipinski definition) is 6. The summed E-state index contributed by atoms with van der Waals surface area (Å²) in [5, 5.41) is 3.77. The van der Waals surface area contributed by atoms with Gasteiger partial charge in [-0.05, 0) is 18.2 Å². The van der Waals surface area contributed by atoms with Gasteiger partial charge < -0.3 is 9.72 Å². The highest BCUT2D eigenvalue weighted by molar-refractivity contribution is 7.13. The highest BCUT2D eigenvalue weighted by Crippen LogP contribution is 2.30. The predicted molar refractivity (Wildman–Crippen MR) is 113 cm³/mol. The molecule has 0 unspecified atom stereocenters. The minimum absolute atomic E-state index is 0.0848. The number of aromatic amines is 1. The van der Waals surface area contributed by atoms with Gasteiger partial charge >= 0.3 is 5.97 Å². The number of nitrogens with zero attached hydrogens (tertiary/aromatic N) is 2. The average Bonchev–Trinajstić information content (AvgIpc) is 3.20. The molecule has 0 aliphatic rings. The Morgan fingerprint density at radius 2 is 1.90 bits per heavy atom. The number of esters is 1. The van der Waals surface area contributed by atoms with Crippen molar-refractivity contribution in [2.75, 3.05) is 0 Å². The molecule has 4 rings (SSSR count). The smallest absolute Gasteiger partial charge is 0.306 e. The van der Waals surface area contributed by atoms with Gasteiger partial charge in [0.25, 0.3) is 5.56 Å². The number of aryl methyl sites for hydroxylation is 1. The third-order valence-electron chi connectivity index (χ3n) is 4.26. The summed E-state index contributed by atoms with van der Waals surface area (Å²) in [7, 11) is 0. The quantitative estimate of drug-likeness (QED) is 0.463. The summed E-state index contributed by atoms with van der Waals surface area (Å²) >= 11 is 7.64. The van der Waals surface area contributed by atoms with Gasteiger partial charge in [-0.3, -0.25) is 9.59 Å². The number of para-hydroxylation sites is 1. The molecule has 4 aromatic rings. The van der Waals surface area contributed by atoms with Crippen LogP contribution < -0.4 is 5.56 Å². The normalized spacial score (nSPS) is 10.9. The second kappa shape index (κ2) is 8.55. The minimum Gasteiger partial charge on any atom is -0.459 e. The standard InChI is InChI=1S/C21H16ClN3O3S/c22-16-7-3-1-5-14(16)21-23-13(12-29-21)11-28-19(26)10-9-18-24-17-8-4-2-6-15(17)20(27)25-18/h1-8,12H,9-11H2,(H,24,25,27). The van der Waals surface area contributed by atoms with Crippen LogP contribution in [0.25, 0.3) is 21.5 Å². The molecule has 0 amide bonds. The van der Waals surface area contributed by atoms with Crippen LogP contribution in [0.3, 0.4) is 0 Å². The molecular formula is C21H16ClN3O3S. The summed E-state index contributed by atoms with van der Waals surface area (Å²) in [6.07, 6.45) is 0.406. The number of aromatic nitrogens is 3. The molecule has 2 aromatic carbocycles. The Morgan fingerprint density at radius 3 is 2.76 bits per heavy atom. The first kappa shape index (κ1) is 19.3. The summed E-state index contributed by atoms with van der Waals surface area (Å²) in [6, 6.07) is 14.5. The molecule has 0 fully saturated rings. The Balaban J connectivity index is 1.34. The van der Waals surface area contributed by atoms with E-state index in [1.807, 2.05) is 35.7 Å². The van der Waals surface area contributed by atoms with Gasteiger partial charge in [-0.25, -0.2) is 9.97 Å². The van der Waals surface area contributed by atoms with Gasteiger partial charge in [0.1, 0.15) is 17.4 Å². The SMILES string of the molecule is O=C(CCc1nc2ccccc2c(=O)[nH]1)OCc1csc(-c2ccccc2Cl)n1. The van der Waals surface area contributed by atoms with E-state index < -0.39 is 0 Å². The van der Waals surface area contributed by atoms with Crippen LogP contribution in [0.2, 0.25) is 5.02 Å². The number of hydrogen-bond donors (Lipinski definition) is 1. The van der Waals surface area contributed by atoms with E-state index >= 15 is 0 Å². The highest BCUT2D eigenvalue weighted by Gasteiger charge is 2.11. The van der Waals surface area contributed by atoms with Gasteiger partial charge in [0.2, 0.25) is 0 Å². The second-order valence-corrected chi connectivity index (χ2v) is 7.58. The van der Waals surface area contributed by atoms with Crippen molar-refractivity contribution in [3.05, 3.63) is 80.8 Å². The number of nitrogens with one attached hydrogen (secondary N) is 1. The van der Waals surface area contributed by atoms with Gasteiger partial charge in [-0.2, -0.15) is 0 Å². The first-order valence-electron chi connectivity index (χ1n) is 8.93. The molecular weight excluding hydrogens is 410 g/mol. The summed E-state index contributed by atoms with van der Waals surface area (Å²) in [5.41, 5.74) is 1.90. The first-order valence-corrected chi connectivity index (χ1v) is 10.2. The zero-order valence-corrected chi connectivity index (χ0v) is 16.8. The van der Waals surface area contributed by atoms with Crippen molar-refractivity contribution in [2.45, 2.75) is 19.4 Å². The topological polar surface area (TPSA) is 84.9 Å². The first-order chi connectivity index (χ1) is 14.1. The number of H-pyrrole nitrogens is 1. The van der Waals surface area contributed by atoms with E-state index in [0.717, 1.165) is 10.6 Å². The monoisotopic (exact) mass is 425 g/mol. The number of rotatable bonds is 6. The lowest BCUT2D eigenvalue weighted by Gasteiger charge is -2.04. The van der Waals surface area contributed by atoms with Crippen molar-refractivity contribution in [3.63, 3.8) is 0 Å². The fourth-order valence-electron chi connectivity index (χ4n) is 2.83. The summed E-state index contributed by atoms with van der Waals surface area (Å²) in [6.45, 7) is 0.0848. The van der Waals surface area contributed by atoms with Crippen molar-refractivity contribution in [1.82, 2.24) is 15.0 Å². The Labute approximate surface area is 175 Å². The van der Waals surface area contributed by atoms with Crippen LogP contribution in [-0.4, -0.2) is 20.9 Å². The Morgan fingerprint density at radius 1 is 1.10 bits per heavy atom. The molecule has 6 nitrogen and oxygen atoms in total. The molecule has 0 bridgehead atoms. The van der Waals surface area contributed by atoms with Crippen LogP contribution >= 0.6 is 22.9 Å². The third kappa shape index (κ3) is 4.52. The number of carbonyl (C=O) groups excluding carboxylic acids is 1. The molecule has 0 aliphatic heterocycles. The minimum atomic E-state index is -0.381. The Bertz CT molecular complexity index is 1240. The average molecular weight is 426 g/mol. The lowest BCUT2D eigenvalue weighted by Crippen LogP contribution is -2.14. The van der Waals surface area contributed by atoms with Crippen molar-refractivity contribution in [1.29, 1.82) is 0 Å². The molecule has 0 saturated carbocycles. The Hall–Kier alpha value is -3.03. The molecule has 8 heteroatoms. The number of carbonyl (C=O) groups is 1. The molecule has 0 atom stereocenters. The maximum atomic E-state index is 12.1. The van der Waals surface area contributed by atoms with Gasteiger partial charge in [-0.1, -0.05) is 41.9 Å². The molecule has 0 radical (unpaired) electrons. The molecule has 1 N–H and O–H groups in total. The van der Waals surface area contributed by atoms with E-state index in [1.54, 1.807) is 18.2 Å². The maximum Gasteiger partial charge on any atom is 0.306 e. The maximum absolute atomic E-state index is 12.1. The van der Waals surface area contributed by atoms with Crippen molar-refractivity contribution in [2.24, 2.45) is 0 Å². The lowest BCUT2D eigenvalue weighted by molar-refractivity contribution is -0.145. The third-order valence-corrected chi connectivity index (χ3v) is 5.52. The van der Waals surface area contributed by atoms with E-state index in [4.69, 9.17) is 16.3 Å². The number of halogens is 1. The van der Waals surface area contributed by atoms with E-state index in [1.165, 1.54) is 11.3 Å². The van der Waals surface area contributed by atoms with Crippen molar-refractivity contribution < 1.29 is 9.53 Å². The number of benzene rings is 2. The molecule has 0 spiro atoms. The molecule has 0 saturated heterocycles. The molecule has 29 heavy (non-hydrogen) atoms. The lowest BCUT2D eigenvalue weighted by atomic mass is 10.2. The Kier molecular flexibility index (Phi) is 5.69. The van der Waals surface area contributed by atoms with E-state index in [2.05, 4.69) is 15.0 Å². The van der Waals surface area contributed by atoms with Gasteiger partial charge in [0, 0.05) is 17.4 Å². The summed E-state index contributed by atoms with van der Waals surface area (Å²) in [5.74, 6) is 0.0772. The predicted octanol–water partition coefficient (Wildman–Crippen LogP) is 4.38. The second-order valence-electron chi connectivity index (χ2n) is 6.31. The largest absolute Gasteiger partial charge is 0.459 e. The highest BCUT2D eigenvalue weighted by atomic mass is 35.5. The van der Waals surface area contributed by atoms with Crippen molar-refractivity contribution in [3.8, 4) is 10.6 Å². The van der Waals surface area contributed by atoms with Crippen LogP contribution in [0.1, 0.15) is 17.9 Å². The molecule has 2 aromatic heterocycles. The molecule has 146 valence electrons. The molecule has 0 aliphatic carbocycles. The number of ether oxygens (including phenoxy) is 1. The van der Waals surface area contributed by atoms with Crippen LogP contribution in [0.15, 0.2) is 58.7 Å². The fourth-order valence-corrected chi connectivity index (χ4v) is 3.96. The summed E-state index contributed by atoms with van der Waals surface area (Å²) in [4.78, 5) is 35.7. The number of thiazole rings is 1. The van der Waals surface area contributed by atoms with Gasteiger partial charge in [0.05, 0.1) is 28.0 Å². The fraction of sp³-hybridized carbons (Fsp3) is 0.143.